The highest BCUT2D eigenvalue weighted by Gasteiger charge is 2.68. The molecule has 1 fully saturated rings. The van der Waals surface area contributed by atoms with Gasteiger partial charge in [-0.1, -0.05) is 15.9 Å². The van der Waals surface area contributed by atoms with E-state index in [0.29, 0.717) is 10.0 Å². The Morgan fingerprint density at radius 2 is 2.29 bits per heavy atom. The highest BCUT2D eigenvalue weighted by atomic mass is 79.9. The molecule has 1 heterocycles. The lowest BCUT2D eigenvalue weighted by Gasteiger charge is -2.06. The van der Waals surface area contributed by atoms with Crippen LogP contribution in [0.25, 0.3) is 0 Å². The molecule has 4 nitrogen and oxygen atoms in total. The summed E-state index contributed by atoms with van der Waals surface area (Å²) in [6.07, 6.45) is 0.233. The lowest BCUT2D eigenvalue weighted by molar-refractivity contribution is -0.140. The van der Waals surface area contributed by atoms with Crippen molar-refractivity contribution in [3.8, 4) is 0 Å². The molecule has 6 heteroatoms. The Balaban J connectivity index is 2.19. The van der Waals surface area contributed by atoms with Crippen LogP contribution >= 0.6 is 15.9 Å². The maximum absolute atomic E-state index is 13.6. The molecule has 0 aromatic heterocycles. The third kappa shape index (κ3) is 1.21. The maximum Gasteiger partial charge on any atom is 0.307 e. The van der Waals surface area contributed by atoms with E-state index in [1.807, 2.05) is 0 Å². The molecule has 1 aromatic carbocycles. The van der Waals surface area contributed by atoms with E-state index < -0.39 is 29.0 Å². The molecule has 1 aromatic rings. The summed E-state index contributed by atoms with van der Waals surface area (Å²) in [5.41, 5.74) is -0.505. The van der Waals surface area contributed by atoms with Gasteiger partial charge in [0.2, 0.25) is 5.91 Å². The smallest absolute Gasteiger partial charge is 0.307 e. The predicted molar refractivity (Wildman–Crippen MR) is 60.2 cm³/mol. The van der Waals surface area contributed by atoms with Crippen molar-refractivity contribution >= 4 is 33.5 Å². The molecule has 0 saturated heterocycles. The van der Waals surface area contributed by atoms with E-state index in [1.54, 1.807) is 6.07 Å². The highest BCUT2D eigenvalue weighted by molar-refractivity contribution is 9.10. The number of amides is 1. The monoisotopic (exact) mass is 299 g/mol. The van der Waals surface area contributed by atoms with E-state index >= 15 is 0 Å². The topological polar surface area (TPSA) is 66.4 Å². The fourth-order valence-electron chi connectivity index (χ4n) is 2.51. The number of anilines is 1. The second-order valence-corrected chi connectivity index (χ2v) is 5.25. The van der Waals surface area contributed by atoms with Crippen LogP contribution in [-0.2, 0) is 15.0 Å². The Hall–Kier alpha value is -1.43. The molecule has 2 N–H and O–H groups in total. The van der Waals surface area contributed by atoms with Crippen molar-refractivity contribution in [3.63, 3.8) is 0 Å². The van der Waals surface area contributed by atoms with Gasteiger partial charge in [-0.15, -0.1) is 0 Å². The van der Waals surface area contributed by atoms with Crippen molar-refractivity contribution in [2.75, 3.05) is 5.32 Å². The molecule has 0 radical (unpaired) electrons. The normalized spacial score (nSPS) is 29.1. The molecule has 2 aliphatic rings. The van der Waals surface area contributed by atoms with E-state index in [0.717, 1.165) is 0 Å². The number of carbonyl (C=O) groups excluding carboxylic acids is 1. The molecule has 1 amide bonds. The number of rotatable bonds is 1. The van der Waals surface area contributed by atoms with Crippen LogP contribution in [0.2, 0.25) is 0 Å². The first-order valence-corrected chi connectivity index (χ1v) is 5.80. The molecule has 1 aliphatic carbocycles. The van der Waals surface area contributed by atoms with Crippen LogP contribution in [0.1, 0.15) is 12.0 Å². The molecule has 2 unspecified atom stereocenters. The number of fused-ring (bicyclic) bond motifs is 2. The molecule has 88 valence electrons. The summed E-state index contributed by atoms with van der Waals surface area (Å²) in [6.45, 7) is 0. The quantitative estimate of drug-likeness (QED) is 0.832. The van der Waals surface area contributed by atoms with Crippen molar-refractivity contribution in [1.82, 2.24) is 0 Å². The fraction of sp³-hybridized carbons (Fsp3) is 0.273. The van der Waals surface area contributed by atoms with Crippen LogP contribution in [-0.4, -0.2) is 17.0 Å². The number of halogens is 2. The summed E-state index contributed by atoms with van der Waals surface area (Å²) in [4.78, 5) is 22.8. The van der Waals surface area contributed by atoms with Gasteiger partial charge in [-0.2, -0.15) is 0 Å². The number of hydrogen-bond acceptors (Lipinski definition) is 2. The maximum atomic E-state index is 13.6. The Morgan fingerprint density at radius 1 is 1.59 bits per heavy atom. The molecule has 1 saturated carbocycles. The number of aliphatic carboxylic acids is 1. The number of carboxylic acid groups (broad SMARTS) is 1. The van der Waals surface area contributed by atoms with Crippen LogP contribution < -0.4 is 5.32 Å². The Labute approximate surface area is 104 Å². The van der Waals surface area contributed by atoms with Crippen molar-refractivity contribution < 1.29 is 19.1 Å². The number of nitrogens with one attached hydrogen (secondary N) is 1. The minimum Gasteiger partial charge on any atom is -0.481 e. The first-order chi connectivity index (χ1) is 7.96. The highest BCUT2D eigenvalue weighted by Crippen LogP contribution is 2.60. The Kier molecular flexibility index (Phi) is 1.93. The van der Waals surface area contributed by atoms with Crippen LogP contribution in [0.3, 0.4) is 0 Å². The summed E-state index contributed by atoms with van der Waals surface area (Å²) in [5, 5.41) is 11.4. The van der Waals surface area contributed by atoms with Gasteiger partial charge in [0.15, 0.2) is 0 Å². The van der Waals surface area contributed by atoms with Gasteiger partial charge in [0, 0.05) is 4.47 Å². The standard InChI is InChI=1S/C11H7BrFNO3/c12-4-1-5-8(7(13)2-4)14-10(17)11(5)3-6(11)9(15)16/h1-2,6H,3H2,(H,14,17)(H,15,16). The summed E-state index contributed by atoms with van der Waals surface area (Å²) >= 11 is 3.15. The summed E-state index contributed by atoms with van der Waals surface area (Å²) in [6, 6.07) is 2.86. The van der Waals surface area contributed by atoms with E-state index in [2.05, 4.69) is 21.2 Å². The molecule has 3 rings (SSSR count). The van der Waals surface area contributed by atoms with E-state index in [4.69, 9.17) is 5.11 Å². The molecular weight excluding hydrogens is 293 g/mol. The summed E-state index contributed by atoms with van der Waals surface area (Å²) in [5.74, 6) is -2.74. The van der Waals surface area contributed by atoms with Crippen molar-refractivity contribution in [3.05, 3.63) is 28.0 Å². The SMILES string of the molecule is O=C(O)C1CC12C(=O)Nc1c(F)cc(Br)cc12. The lowest BCUT2D eigenvalue weighted by Crippen LogP contribution is -2.24. The van der Waals surface area contributed by atoms with E-state index in [1.165, 1.54) is 6.07 Å². The van der Waals surface area contributed by atoms with Gasteiger partial charge in [0.25, 0.3) is 0 Å². The molecular formula is C11H7BrFNO3. The van der Waals surface area contributed by atoms with Gasteiger partial charge < -0.3 is 10.4 Å². The van der Waals surface area contributed by atoms with Gasteiger partial charge in [0.1, 0.15) is 5.82 Å². The number of hydrogen-bond donors (Lipinski definition) is 2. The first-order valence-electron chi connectivity index (χ1n) is 5.00. The fourth-order valence-corrected chi connectivity index (χ4v) is 2.94. The average molecular weight is 300 g/mol. The Bertz CT molecular complexity index is 574. The molecule has 2 atom stereocenters. The van der Waals surface area contributed by atoms with Gasteiger partial charge >= 0.3 is 5.97 Å². The molecule has 1 aliphatic heterocycles. The van der Waals surface area contributed by atoms with Crippen molar-refractivity contribution in [2.24, 2.45) is 5.92 Å². The number of carbonyl (C=O) groups is 2. The molecule has 1 spiro atoms. The minimum atomic E-state index is -1.06. The zero-order valence-corrected chi connectivity index (χ0v) is 10.0. The first kappa shape index (κ1) is 10.7. The van der Waals surface area contributed by atoms with Crippen molar-refractivity contribution in [1.29, 1.82) is 0 Å². The molecule has 17 heavy (non-hydrogen) atoms. The lowest BCUT2D eigenvalue weighted by atomic mass is 9.95. The second-order valence-electron chi connectivity index (χ2n) is 4.33. The zero-order chi connectivity index (χ0) is 12.4. The van der Waals surface area contributed by atoms with E-state index in [-0.39, 0.29) is 12.1 Å². The van der Waals surface area contributed by atoms with Crippen molar-refractivity contribution in [2.45, 2.75) is 11.8 Å². The summed E-state index contributed by atoms with van der Waals surface area (Å²) < 4.78 is 14.1. The van der Waals surface area contributed by atoms with Crippen LogP contribution in [0.5, 0.6) is 0 Å². The predicted octanol–water partition coefficient (Wildman–Crippen LogP) is 1.88. The number of carboxylic acids is 1. The largest absolute Gasteiger partial charge is 0.481 e. The average Bonchev–Trinajstić information content (AvgIpc) is 2.91. The summed E-state index contributed by atoms with van der Waals surface area (Å²) in [7, 11) is 0. The van der Waals surface area contributed by atoms with Gasteiger partial charge in [-0.3, -0.25) is 9.59 Å². The van der Waals surface area contributed by atoms with Gasteiger partial charge in [-0.25, -0.2) is 4.39 Å². The van der Waals surface area contributed by atoms with Gasteiger partial charge in [0.05, 0.1) is 17.0 Å². The Morgan fingerprint density at radius 3 is 2.88 bits per heavy atom. The van der Waals surface area contributed by atoms with Crippen LogP contribution in [0, 0.1) is 11.7 Å². The van der Waals surface area contributed by atoms with Crippen LogP contribution in [0.15, 0.2) is 16.6 Å². The third-order valence-corrected chi connectivity index (χ3v) is 3.90. The zero-order valence-electron chi connectivity index (χ0n) is 8.46. The number of benzene rings is 1. The van der Waals surface area contributed by atoms with E-state index in [9.17, 15) is 14.0 Å². The second kappa shape index (κ2) is 3.07. The van der Waals surface area contributed by atoms with Gasteiger partial charge in [-0.05, 0) is 24.1 Å². The van der Waals surface area contributed by atoms with Crippen LogP contribution in [0.4, 0.5) is 10.1 Å². The minimum absolute atomic E-state index is 0.113. The molecule has 0 bridgehead atoms. The third-order valence-electron chi connectivity index (χ3n) is 3.44.